The minimum absolute atomic E-state index is 0.0359. The summed E-state index contributed by atoms with van der Waals surface area (Å²) in [4.78, 5) is 12.1. The van der Waals surface area contributed by atoms with Gasteiger partial charge in [-0.2, -0.15) is 0 Å². The van der Waals surface area contributed by atoms with E-state index < -0.39 is 5.97 Å². The topological polar surface area (TPSA) is 55.4 Å². The monoisotopic (exact) mass is 157 g/mol. The molecule has 0 aromatic rings. The van der Waals surface area contributed by atoms with Crippen LogP contribution in [0.3, 0.4) is 0 Å². The molecule has 1 atom stereocenters. The van der Waals surface area contributed by atoms with E-state index in [1.165, 1.54) is 0 Å². The van der Waals surface area contributed by atoms with E-state index in [-0.39, 0.29) is 12.7 Å². The zero-order valence-corrected chi connectivity index (χ0v) is 6.67. The summed E-state index contributed by atoms with van der Waals surface area (Å²) in [5, 5.41) is 13.4. The molecule has 1 saturated heterocycles. The first-order valence-electron chi connectivity index (χ1n) is 3.87. The average Bonchev–Trinajstić information content (AvgIpc) is 1.93. The Kier molecular flexibility index (Phi) is 2.84. The van der Waals surface area contributed by atoms with E-state index in [2.05, 4.69) is 5.32 Å². The molecule has 0 spiro atoms. The van der Waals surface area contributed by atoms with Gasteiger partial charge in [0.15, 0.2) is 0 Å². The van der Waals surface area contributed by atoms with Crippen molar-refractivity contribution in [2.75, 3.05) is 19.6 Å². The van der Waals surface area contributed by atoms with E-state index in [4.69, 9.17) is 0 Å². The van der Waals surface area contributed by atoms with Gasteiger partial charge in [0.2, 0.25) is 0 Å². The highest BCUT2D eigenvalue weighted by molar-refractivity contribution is 5.66. The Morgan fingerprint density at radius 2 is 2.55 bits per heavy atom. The first-order chi connectivity index (χ1) is 5.20. The quantitative estimate of drug-likeness (QED) is 0.523. The predicted molar refractivity (Wildman–Crippen MR) is 38.7 cm³/mol. The first kappa shape index (κ1) is 8.49. The van der Waals surface area contributed by atoms with Crippen molar-refractivity contribution in [3.8, 4) is 0 Å². The molecule has 1 fully saturated rings. The van der Waals surface area contributed by atoms with Crippen LogP contribution >= 0.6 is 0 Å². The summed E-state index contributed by atoms with van der Waals surface area (Å²) in [6.07, 6.45) is 1.18. The van der Waals surface area contributed by atoms with Gasteiger partial charge < -0.3 is 15.2 Å². The fraction of sp³-hybridized carbons (Fsp3) is 0.857. The molecule has 1 N–H and O–H groups in total. The van der Waals surface area contributed by atoms with Crippen molar-refractivity contribution in [3.05, 3.63) is 0 Å². The van der Waals surface area contributed by atoms with Gasteiger partial charge >= 0.3 is 0 Å². The van der Waals surface area contributed by atoms with Crippen molar-refractivity contribution in [1.82, 2.24) is 10.2 Å². The van der Waals surface area contributed by atoms with Gasteiger partial charge in [-0.05, 0) is 19.9 Å². The van der Waals surface area contributed by atoms with Crippen LogP contribution in [0.25, 0.3) is 0 Å². The molecule has 0 radical (unpaired) electrons. The van der Waals surface area contributed by atoms with Gasteiger partial charge in [-0.3, -0.25) is 4.90 Å². The zero-order chi connectivity index (χ0) is 8.27. The van der Waals surface area contributed by atoms with Crippen LogP contribution in [0.15, 0.2) is 0 Å². The molecule has 0 bridgehead atoms. The molecule has 1 aliphatic heterocycles. The largest absolute Gasteiger partial charge is 0.549 e. The number of aliphatic carboxylic acids is 1. The maximum absolute atomic E-state index is 10.2. The van der Waals surface area contributed by atoms with Gasteiger partial charge in [0, 0.05) is 13.1 Å². The predicted octanol–water partition coefficient (Wildman–Crippen LogP) is -1.62. The van der Waals surface area contributed by atoms with Crippen LogP contribution in [0.4, 0.5) is 0 Å². The third-order valence-corrected chi connectivity index (χ3v) is 1.94. The minimum Gasteiger partial charge on any atom is -0.549 e. The smallest absolute Gasteiger partial charge is 0.0571 e. The summed E-state index contributed by atoms with van der Waals surface area (Å²) >= 11 is 0. The number of hydrogen-bond acceptors (Lipinski definition) is 4. The Bertz CT molecular complexity index is 149. The second-order valence-corrected chi connectivity index (χ2v) is 2.83. The van der Waals surface area contributed by atoms with E-state index in [0.717, 1.165) is 19.5 Å². The lowest BCUT2D eigenvalue weighted by Crippen LogP contribution is -2.53. The second-order valence-electron chi connectivity index (χ2n) is 2.83. The van der Waals surface area contributed by atoms with Crippen molar-refractivity contribution in [1.29, 1.82) is 0 Å². The lowest BCUT2D eigenvalue weighted by atomic mass is 10.2. The zero-order valence-electron chi connectivity index (χ0n) is 6.67. The van der Waals surface area contributed by atoms with Crippen LogP contribution in [-0.2, 0) is 4.79 Å². The summed E-state index contributed by atoms with van der Waals surface area (Å²) < 4.78 is 0. The van der Waals surface area contributed by atoms with Crippen LogP contribution < -0.4 is 10.4 Å². The molecule has 1 rings (SSSR count). The van der Waals surface area contributed by atoms with Crippen LogP contribution in [0.2, 0.25) is 0 Å². The van der Waals surface area contributed by atoms with Crippen LogP contribution in [0.1, 0.15) is 13.3 Å². The second kappa shape index (κ2) is 3.69. The normalized spacial score (nSPS) is 26.8. The number of carbonyl (C=O) groups excluding carboxylic acids is 1. The molecule has 1 heterocycles. The molecule has 4 heteroatoms. The third-order valence-electron chi connectivity index (χ3n) is 1.94. The average molecular weight is 157 g/mol. The fourth-order valence-corrected chi connectivity index (χ4v) is 1.30. The Morgan fingerprint density at radius 1 is 1.82 bits per heavy atom. The molecule has 1 aliphatic rings. The van der Waals surface area contributed by atoms with Gasteiger partial charge in [0.25, 0.3) is 0 Å². The molecule has 0 aromatic heterocycles. The fourth-order valence-electron chi connectivity index (χ4n) is 1.30. The number of carbonyl (C=O) groups is 1. The summed E-state index contributed by atoms with van der Waals surface area (Å²) in [7, 11) is 0. The van der Waals surface area contributed by atoms with Crippen LogP contribution in [0, 0.1) is 0 Å². The van der Waals surface area contributed by atoms with E-state index in [1.54, 1.807) is 0 Å². The number of rotatable bonds is 2. The summed E-state index contributed by atoms with van der Waals surface area (Å²) in [5.74, 6) is -0.999. The number of hydrogen-bond donors (Lipinski definition) is 1. The van der Waals surface area contributed by atoms with Crippen LogP contribution in [0.5, 0.6) is 0 Å². The number of carboxylic acid groups (broad SMARTS) is 1. The summed E-state index contributed by atoms with van der Waals surface area (Å²) in [6.45, 7) is 3.82. The molecule has 0 saturated carbocycles. The highest BCUT2D eigenvalue weighted by Gasteiger charge is 2.16. The molecule has 11 heavy (non-hydrogen) atoms. The van der Waals surface area contributed by atoms with E-state index in [0.29, 0.717) is 0 Å². The molecule has 64 valence electrons. The first-order valence-corrected chi connectivity index (χ1v) is 3.87. The van der Waals surface area contributed by atoms with Gasteiger partial charge in [0.05, 0.1) is 12.1 Å². The molecular formula is C7H13N2O2-. The highest BCUT2D eigenvalue weighted by atomic mass is 16.4. The van der Waals surface area contributed by atoms with Crippen LogP contribution in [-0.4, -0.2) is 36.7 Å². The molecule has 0 aliphatic carbocycles. The maximum atomic E-state index is 10.2. The molecular weight excluding hydrogens is 144 g/mol. The molecule has 1 unspecified atom stereocenters. The van der Waals surface area contributed by atoms with Gasteiger partial charge in [-0.1, -0.05) is 0 Å². The summed E-state index contributed by atoms with van der Waals surface area (Å²) in [5.41, 5.74) is 0. The van der Waals surface area contributed by atoms with Gasteiger partial charge in [0.1, 0.15) is 0 Å². The molecule has 0 aromatic carbocycles. The lowest BCUT2D eigenvalue weighted by Gasteiger charge is -2.34. The highest BCUT2D eigenvalue weighted by Crippen LogP contribution is 2.01. The SMILES string of the molecule is CC1NCCCN1CC(=O)[O-]. The number of nitrogens with one attached hydrogen (secondary N) is 1. The Labute approximate surface area is 66.2 Å². The summed E-state index contributed by atoms with van der Waals surface area (Å²) in [6, 6.07) is 0. The van der Waals surface area contributed by atoms with E-state index in [1.807, 2.05) is 11.8 Å². The third kappa shape index (κ3) is 2.48. The van der Waals surface area contributed by atoms with Gasteiger partial charge in [-0.25, -0.2) is 0 Å². The Morgan fingerprint density at radius 3 is 3.09 bits per heavy atom. The number of nitrogens with zero attached hydrogens (tertiary/aromatic N) is 1. The van der Waals surface area contributed by atoms with E-state index in [9.17, 15) is 9.90 Å². The maximum Gasteiger partial charge on any atom is 0.0571 e. The Balaban J connectivity index is 2.35. The van der Waals surface area contributed by atoms with Crippen molar-refractivity contribution < 1.29 is 9.90 Å². The lowest BCUT2D eigenvalue weighted by molar-refractivity contribution is -0.306. The van der Waals surface area contributed by atoms with Crippen molar-refractivity contribution >= 4 is 5.97 Å². The minimum atomic E-state index is -0.999. The molecule has 0 amide bonds. The Hall–Kier alpha value is -0.610. The van der Waals surface area contributed by atoms with Crippen molar-refractivity contribution in [3.63, 3.8) is 0 Å². The van der Waals surface area contributed by atoms with Crippen molar-refractivity contribution in [2.24, 2.45) is 0 Å². The van der Waals surface area contributed by atoms with E-state index >= 15 is 0 Å². The molecule has 4 nitrogen and oxygen atoms in total. The van der Waals surface area contributed by atoms with Crippen molar-refractivity contribution in [2.45, 2.75) is 19.5 Å². The standard InChI is InChI=1S/C7H14N2O2/c1-6-8-3-2-4-9(6)5-7(10)11/h6,8H,2-5H2,1H3,(H,10,11)/p-1. The van der Waals surface area contributed by atoms with Gasteiger partial charge in [-0.15, -0.1) is 0 Å². The number of carboxylic acids is 1.